The smallest absolute Gasteiger partial charge is 0.291 e. The van der Waals surface area contributed by atoms with Gasteiger partial charge in [0.25, 0.3) is 17.7 Å². The molecule has 1 N–H and O–H groups in total. The van der Waals surface area contributed by atoms with Crippen LogP contribution in [0.15, 0.2) is 77.2 Å². The second-order valence-electron chi connectivity index (χ2n) is 6.76. The van der Waals surface area contributed by atoms with Crippen molar-refractivity contribution in [3.05, 3.63) is 94.7 Å². The molecule has 0 fully saturated rings. The summed E-state index contributed by atoms with van der Waals surface area (Å²) in [6.45, 7) is 0. The minimum atomic E-state index is -0.457. The molecule has 0 bridgehead atoms. The number of hydrogen-bond acceptors (Lipinski definition) is 4. The molecule has 5 rings (SSSR count). The Morgan fingerprint density at radius 1 is 0.867 bits per heavy atom. The van der Waals surface area contributed by atoms with Crippen molar-refractivity contribution in [1.82, 2.24) is 0 Å². The average Bonchev–Trinajstić information content (AvgIpc) is 3.29. The van der Waals surface area contributed by atoms with E-state index in [9.17, 15) is 14.4 Å². The first-order chi connectivity index (χ1) is 14.5. The van der Waals surface area contributed by atoms with Gasteiger partial charge in [0.1, 0.15) is 5.58 Å². The van der Waals surface area contributed by atoms with Crippen LogP contribution in [0.5, 0.6) is 0 Å². The second-order valence-corrected chi connectivity index (χ2v) is 7.17. The third-order valence-corrected chi connectivity index (χ3v) is 5.22. The van der Waals surface area contributed by atoms with E-state index in [1.807, 2.05) is 18.2 Å². The lowest BCUT2D eigenvalue weighted by atomic mass is 10.1. The molecule has 3 amide bonds. The molecule has 6 nitrogen and oxygen atoms in total. The van der Waals surface area contributed by atoms with Gasteiger partial charge in [-0.2, -0.15) is 0 Å². The molecular formula is C23H13ClN2O4. The Balaban J connectivity index is 1.41. The molecule has 1 aliphatic rings. The van der Waals surface area contributed by atoms with E-state index in [0.29, 0.717) is 28.1 Å². The number of fused-ring (bicyclic) bond motifs is 2. The summed E-state index contributed by atoms with van der Waals surface area (Å²) < 4.78 is 5.56. The van der Waals surface area contributed by atoms with E-state index in [0.717, 1.165) is 10.3 Å². The Morgan fingerprint density at radius 2 is 1.53 bits per heavy atom. The molecular weight excluding hydrogens is 404 g/mol. The van der Waals surface area contributed by atoms with Crippen molar-refractivity contribution in [3.8, 4) is 0 Å². The van der Waals surface area contributed by atoms with Crippen LogP contribution < -0.4 is 10.2 Å². The summed E-state index contributed by atoms with van der Waals surface area (Å²) in [6.07, 6.45) is 0. The lowest BCUT2D eigenvalue weighted by molar-refractivity contribution is 0.0924. The van der Waals surface area contributed by atoms with Crippen LogP contribution >= 0.6 is 11.6 Å². The van der Waals surface area contributed by atoms with Crippen molar-refractivity contribution >= 4 is 51.7 Å². The highest BCUT2D eigenvalue weighted by Gasteiger charge is 2.36. The number of carbonyl (C=O) groups is 3. The second kappa shape index (κ2) is 6.86. The molecule has 0 saturated carbocycles. The SMILES string of the molecule is O=C(Nc1ccc(N2C(=O)c3ccccc3C2=O)cc1Cl)c1cc2ccccc2o1. The fraction of sp³-hybridized carbons (Fsp3) is 0. The Labute approximate surface area is 175 Å². The molecule has 1 aromatic heterocycles. The molecule has 0 atom stereocenters. The number of hydrogen-bond donors (Lipinski definition) is 1. The molecule has 0 radical (unpaired) electrons. The van der Waals surface area contributed by atoms with E-state index < -0.39 is 17.7 Å². The third-order valence-electron chi connectivity index (χ3n) is 4.90. The van der Waals surface area contributed by atoms with Crippen LogP contribution in [0.2, 0.25) is 5.02 Å². The molecule has 0 spiro atoms. The van der Waals surface area contributed by atoms with E-state index in [2.05, 4.69) is 5.32 Å². The maximum Gasteiger partial charge on any atom is 0.291 e. The van der Waals surface area contributed by atoms with Gasteiger partial charge in [0.2, 0.25) is 0 Å². The van der Waals surface area contributed by atoms with Gasteiger partial charge >= 0.3 is 0 Å². The number of rotatable bonds is 3. The minimum Gasteiger partial charge on any atom is -0.451 e. The van der Waals surface area contributed by atoms with E-state index in [1.165, 1.54) is 6.07 Å². The summed E-state index contributed by atoms with van der Waals surface area (Å²) in [6, 6.07) is 20.1. The molecule has 0 unspecified atom stereocenters. The zero-order valence-electron chi connectivity index (χ0n) is 15.4. The Kier molecular flexibility index (Phi) is 4.15. The van der Waals surface area contributed by atoms with Gasteiger partial charge in [0.05, 0.1) is 27.5 Å². The summed E-state index contributed by atoms with van der Waals surface area (Å²) in [5, 5.41) is 3.69. The quantitative estimate of drug-likeness (QED) is 0.469. The number of benzene rings is 3. The maximum absolute atomic E-state index is 12.6. The van der Waals surface area contributed by atoms with Gasteiger partial charge in [-0.1, -0.05) is 41.9 Å². The first kappa shape index (κ1) is 18.1. The molecule has 2 heterocycles. The van der Waals surface area contributed by atoms with Gasteiger partial charge in [-0.3, -0.25) is 14.4 Å². The number of carbonyl (C=O) groups excluding carboxylic acids is 3. The summed E-state index contributed by atoms with van der Waals surface area (Å²) >= 11 is 6.33. The number of furan rings is 1. The van der Waals surface area contributed by atoms with Gasteiger partial charge in [-0.25, -0.2) is 4.90 Å². The van der Waals surface area contributed by atoms with E-state index in [4.69, 9.17) is 16.0 Å². The monoisotopic (exact) mass is 416 g/mol. The maximum atomic E-state index is 12.6. The summed E-state index contributed by atoms with van der Waals surface area (Å²) in [4.78, 5) is 38.9. The molecule has 30 heavy (non-hydrogen) atoms. The first-order valence-corrected chi connectivity index (χ1v) is 9.48. The van der Waals surface area contributed by atoms with Gasteiger partial charge in [0.15, 0.2) is 5.76 Å². The summed E-state index contributed by atoms with van der Waals surface area (Å²) in [5.74, 6) is -1.13. The number of anilines is 2. The van der Waals surface area contributed by atoms with Gasteiger partial charge in [0, 0.05) is 5.39 Å². The lowest BCUT2D eigenvalue weighted by Crippen LogP contribution is -2.29. The Morgan fingerprint density at radius 3 is 2.20 bits per heavy atom. The topological polar surface area (TPSA) is 79.6 Å². The molecule has 1 aliphatic heterocycles. The van der Waals surface area contributed by atoms with Gasteiger partial charge < -0.3 is 9.73 Å². The standard InChI is InChI=1S/C23H13ClN2O4/c24-17-12-14(26-22(28)15-6-2-3-7-16(15)23(26)29)9-10-18(17)25-21(27)20-11-13-5-1-4-8-19(13)30-20/h1-12H,(H,25,27). The highest BCUT2D eigenvalue weighted by atomic mass is 35.5. The lowest BCUT2D eigenvalue weighted by Gasteiger charge is -2.15. The van der Waals surface area contributed by atoms with Crippen molar-refractivity contribution < 1.29 is 18.8 Å². The molecule has 4 aromatic rings. The number of nitrogens with one attached hydrogen (secondary N) is 1. The first-order valence-electron chi connectivity index (χ1n) is 9.10. The number of amides is 3. The van der Waals surface area contributed by atoms with Crippen LogP contribution in [-0.2, 0) is 0 Å². The van der Waals surface area contributed by atoms with E-state index in [1.54, 1.807) is 48.5 Å². The Hall–Kier alpha value is -3.90. The van der Waals surface area contributed by atoms with Crippen LogP contribution in [0.4, 0.5) is 11.4 Å². The highest BCUT2D eigenvalue weighted by molar-refractivity contribution is 6.37. The Bertz CT molecular complexity index is 1290. The third kappa shape index (κ3) is 2.86. The molecule has 7 heteroatoms. The molecule has 0 saturated heterocycles. The zero-order chi connectivity index (χ0) is 20.8. The van der Waals surface area contributed by atoms with Gasteiger partial charge in [-0.15, -0.1) is 0 Å². The van der Waals surface area contributed by atoms with Crippen LogP contribution in [0.1, 0.15) is 31.3 Å². The summed E-state index contributed by atoms with van der Waals surface area (Å²) in [5.41, 5.74) is 1.96. The van der Waals surface area contributed by atoms with E-state index >= 15 is 0 Å². The van der Waals surface area contributed by atoms with E-state index in [-0.39, 0.29) is 10.8 Å². The van der Waals surface area contributed by atoms with Crippen molar-refractivity contribution in [2.45, 2.75) is 0 Å². The van der Waals surface area contributed by atoms with Crippen LogP contribution in [0.3, 0.4) is 0 Å². The highest BCUT2D eigenvalue weighted by Crippen LogP contribution is 2.33. The van der Waals surface area contributed by atoms with Crippen LogP contribution in [-0.4, -0.2) is 17.7 Å². The fourth-order valence-electron chi connectivity index (χ4n) is 3.45. The molecule has 0 aliphatic carbocycles. The predicted octanol–water partition coefficient (Wildman–Crippen LogP) is 5.14. The minimum absolute atomic E-state index is 0.150. The number of halogens is 1. The normalized spacial score (nSPS) is 13.0. The number of para-hydroxylation sites is 1. The van der Waals surface area contributed by atoms with Crippen molar-refractivity contribution in [2.24, 2.45) is 0 Å². The van der Waals surface area contributed by atoms with Crippen molar-refractivity contribution in [2.75, 3.05) is 10.2 Å². The average molecular weight is 417 g/mol. The fourth-order valence-corrected chi connectivity index (χ4v) is 3.67. The summed E-state index contributed by atoms with van der Waals surface area (Å²) in [7, 11) is 0. The van der Waals surface area contributed by atoms with Crippen molar-refractivity contribution in [3.63, 3.8) is 0 Å². The predicted molar refractivity (Wildman–Crippen MR) is 113 cm³/mol. The largest absolute Gasteiger partial charge is 0.451 e. The number of imide groups is 1. The molecule has 146 valence electrons. The van der Waals surface area contributed by atoms with Crippen LogP contribution in [0, 0.1) is 0 Å². The molecule has 3 aromatic carbocycles. The van der Waals surface area contributed by atoms with Crippen molar-refractivity contribution in [1.29, 1.82) is 0 Å². The van der Waals surface area contributed by atoms with Gasteiger partial charge in [-0.05, 0) is 42.5 Å². The number of nitrogens with zero attached hydrogens (tertiary/aromatic N) is 1. The van der Waals surface area contributed by atoms with Crippen LogP contribution in [0.25, 0.3) is 11.0 Å². The zero-order valence-corrected chi connectivity index (χ0v) is 16.1.